The quantitative estimate of drug-likeness (QED) is 0.0854. The van der Waals surface area contributed by atoms with E-state index in [4.69, 9.17) is 21.1 Å². The van der Waals surface area contributed by atoms with Crippen molar-refractivity contribution in [3.05, 3.63) is 101 Å². The molecular formula is C26H18ClIN2O7S. The van der Waals surface area contributed by atoms with Gasteiger partial charge in [-0.2, -0.15) is 0 Å². The van der Waals surface area contributed by atoms with Gasteiger partial charge in [0.2, 0.25) is 0 Å². The highest BCUT2D eigenvalue weighted by molar-refractivity contribution is 14.1. The van der Waals surface area contributed by atoms with Crippen molar-refractivity contribution in [1.82, 2.24) is 4.90 Å². The third-order valence-corrected chi connectivity index (χ3v) is 7.38. The van der Waals surface area contributed by atoms with Gasteiger partial charge in [0.15, 0.2) is 17.3 Å². The molecule has 3 aromatic rings. The second kappa shape index (κ2) is 12.0. The molecule has 0 aromatic heterocycles. The van der Waals surface area contributed by atoms with Crippen molar-refractivity contribution in [2.45, 2.75) is 6.61 Å². The summed E-state index contributed by atoms with van der Waals surface area (Å²) >= 11 is 8.75. The van der Waals surface area contributed by atoms with Crippen LogP contribution in [0.25, 0.3) is 6.08 Å². The predicted octanol–water partition coefficient (Wildman–Crippen LogP) is 6.36. The molecule has 3 aromatic carbocycles. The van der Waals surface area contributed by atoms with Gasteiger partial charge in [0, 0.05) is 22.7 Å². The van der Waals surface area contributed by atoms with Crippen LogP contribution in [0.5, 0.6) is 11.5 Å². The lowest BCUT2D eigenvalue weighted by Crippen LogP contribution is -2.33. The van der Waals surface area contributed by atoms with E-state index in [2.05, 4.69) is 22.6 Å². The molecule has 1 aliphatic rings. The second-order valence-electron chi connectivity index (χ2n) is 7.94. The van der Waals surface area contributed by atoms with Gasteiger partial charge in [-0.1, -0.05) is 23.7 Å². The fourth-order valence-electron chi connectivity index (χ4n) is 3.49. The number of amides is 2. The Kier molecular flexibility index (Phi) is 8.69. The molecule has 0 atom stereocenters. The molecule has 1 fully saturated rings. The van der Waals surface area contributed by atoms with Crippen LogP contribution in [0.1, 0.15) is 21.5 Å². The summed E-state index contributed by atoms with van der Waals surface area (Å²) in [6.45, 7) is -0.178. The van der Waals surface area contributed by atoms with Gasteiger partial charge in [-0.05, 0) is 88.0 Å². The molecule has 194 valence electrons. The molecule has 0 saturated carbocycles. The Morgan fingerprint density at radius 1 is 1.13 bits per heavy atom. The number of nitro groups is 1. The van der Waals surface area contributed by atoms with E-state index >= 15 is 0 Å². The topological polar surface area (TPSA) is 116 Å². The largest absolute Gasteiger partial charge is 0.493 e. The lowest BCUT2D eigenvalue weighted by atomic mass is 10.1. The van der Waals surface area contributed by atoms with Gasteiger partial charge < -0.3 is 9.47 Å². The summed E-state index contributed by atoms with van der Waals surface area (Å²) in [6, 6.07) is 15.7. The maximum atomic E-state index is 12.9. The summed E-state index contributed by atoms with van der Waals surface area (Å²) in [5.74, 6) is -0.138. The zero-order chi connectivity index (χ0) is 27.4. The highest BCUT2D eigenvalue weighted by Gasteiger charge is 2.36. The number of nitro benzene ring substituents is 1. The van der Waals surface area contributed by atoms with Crippen LogP contribution in [-0.2, 0) is 11.4 Å². The lowest BCUT2D eigenvalue weighted by molar-refractivity contribution is -0.384. The van der Waals surface area contributed by atoms with E-state index in [-0.39, 0.29) is 16.2 Å². The fourth-order valence-corrected chi connectivity index (χ4v) is 5.24. The van der Waals surface area contributed by atoms with Gasteiger partial charge in [0.05, 0.1) is 27.1 Å². The number of rotatable bonds is 9. The first-order valence-corrected chi connectivity index (χ1v) is 13.2. The molecule has 0 radical (unpaired) electrons. The van der Waals surface area contributed by atoms with E-state index in [9.17, 15) is 24.5 Å². The monoisotopic (exact) mass is 664 g/mol. The maximum absolute atomic E-state index is 12.9. The summed E-state index contributed by atoms with van der Waals surface area (Å²) in [6.07, 6.45) is 1.55. The number of carbonyl (C=O) groups is 3. The number of nitrogens with zero attached hydrogens (tertiary/aromatic N) is 2. The standard InChI is InChI=1S/C26H18ClIN2O7S/c1-36-22-11-16(10-20(28)24(22)37-14-15-2-6-18(27)7-3-15)12-23-25(32)29(26(33)38-23)13-21(31)17-4-8-19(9-5-17)30(34)35/h2-12H,13-14H2,1H3/b23-12+. The number of carbonyl (C=O) groups excluding carboxylic acids is 3. The van der Waals surface area contributed by atoms with Crippen LogP contribution < -0.4 is 9.47 Å². The van der Waals surface area contributed by atoms with Crippen LogP contribution in [-0.4, -0.2) is 40.4 Å². The SMILES string of the molecule is COc1cc(/C=C2/SC(=O)N(CC(=O)c3ccc([N+](=O)[O-])cc3)C2=O)cc(I)c1OCc1ccc(Cl)cc1. The summed E-state index contributed by atoms with van der Waals surface area (Å²) in [7, 11) is 1.50. The van der Waals surface area contributed by atoms with Gasteiger partial charge >= 0.3 is 0 Å². The Bertz CT molecular complexity index is 1460. The molecule has 1 heterocycles. The summed E-state index contributed by atoms with van der Waals surface area (Å²) in [5, 5.41) is 10.9. The molecule has 0 aliphatic carbocycles. The fraction of sp³-hybridized carbons (Fsp3) is 0.115. The van der Waals surface area contributed by atoms with E-state index in [1.807, 2.05) is 12.1 Å². The van der Waals surface area contributed by atoms with Crippen molar-refractivity contribution in [3.63, 3.8) is 0 Å². The Morgan fingerprint density at radius 3 is 2.45 bits per heavy atom. The van der Waals surface area contributed by atoms with Gasteiger partial charge in [0.1, 0.15) is 6.61 Å². The molecule has 12 heteroatoms. The van der Waals surface area contributed by atoms with Gasteiger partial charge in [-0.25, -0.2) is 0 Å². The van der Waals surface area contributed by atoms with Crippen molar-refractivity contribution in [2.24, 2.45) is 0 Å². The average Bonchev–Trinajstić information content (AvgIpc) is 3.15. The van der Waals surface area contributed by atoms with Crippen LogP contribution >= 0.6 is 46.0 Å². The number of imide groups is 1. The first-order chi connectivity index (χ1) is 18.2. The Hall–Kier alpha value is -3.42. The van der Waals surface area contributed by atoms with E-state index in [0.29, 0.717) is 28.7 Å². The highest BCUT2D eigenvalue weighted by atomic mass is 127. The normalized spacial score (nSPS) is 14.2. The minimum absolute atomic E-state index is 0.152. The third-order valence-electron chi connectivity index (χ3n) is 5.42. The molecular weight excluding hydrogens is 647 g/mol. The number of halogens is 2. The van der Waals surface area contributed by atoms with Crippen molar-refractivity contribution in [3.8, 4) is 11.5 Å². The van der Waals surface area contributed by atoms with Crippen molar-refractivity contribution >= 4 is 74.6 Å². The molecule has 1 saturated heterocycles. The zero-order valence-electron chi connectivity index (χ0n) is 19.7. The zero-order valence-corrected chi connectivity index (χ0v) is 23.4. The Balaban J connectivity index is 1.49. The van der Waals surface area contributed by atoms with Crippen LogP contribution in [0, 0.1) is 13.7 Å². The number of ketones is 1. The molecule has 0 N–H and O–H groups in total. The number of hydrogen-bond acceptors (Lipinski definition) is 8. The van der Waals surface area contributed by atoms with Crippen molar-refractivity contribution in [2.75, 3.05) is 13.7 Å². The van der Waals surface area contributed by atoms with Crippen molar-refractivity contribution < 1.29 is 28.8 Å². The smallest absolute Gasteiger partial charge is 0.293 e. The molecule has 2 amide bonds. The van der Waals surface area contributed by atoms with E-state index < -0.39 is 28.4 Å². The van der Waals surface area contributed by atoms with Crippen LogP contribution in [0.4, 0.5) is 10.5 Å². The van der Waals surface area contributed by atoms with Gasteiger partial charge in [-0.15, -0.1) is 0 Å². The summed E-state index contributed by atoms with van der Waals surface area (Å²) < 4.78 is 12.2. The molecule has 0 bridgehead atoms. The number of ether oxygens (including phenoxy) is 2. The molecule has 1 aliphatic heterocycles. The predicted molar refractivity (Wildman–Crippen MR) is 152 cm³/mol. The van der Waals surface area contributed by atoms with E-state index in [1.54, 1.807) is 30.3 Å². The van der Waals surface area contributed by atoms with Crippen LogP contribution in [0.15, 0.2) is 65.6 Å². The van der Waals surface area contributed by atoms with Crippen molar-refractivity contribution in [1.29, 1.82) is 0 Å². The number of benzene rings is 3. The number of Topliss-reactive ketones (excluding diaryl/α,β-unsaturated/α-hetero) is 1. The molecule has 38 heavy (non-hydrogen) atoms. The maximum Gasteiger partial charge on any atom is 0.293 e. The van der Waals surface area contributed by atoms with Crippen LogP contribution in [0.3, 0.4) is 0 Å². The second-order valence-corrected chi connectivity index (χ2v) is 10.5. The molecule has 4 rings (SSSR count). The van der Waals surface area contributed by atoms with E-state index in [1.165, 1.54) is 31.4 Å². The minimum atomic E-state index is -0.604. The lowest BCUT2D eigenvalue weighted by Gasteiger charge is -2.14. The van der Waals surface area contributed by atoms with E-state index in [0.717, 1.165) is 25.8 Å². The van der Waals surface area contributed by atoms with Crippen LogP contribution in [0.2, 0.25) is 5.02 Å². The Morgan fingerprint density at radius 2 is 1.82 bits per heavy atom. The first kappa shape index (κ1) is 27.6. The third kappa shape index (κ3) is 6.34. The number of hydrogen-bond donors (Lipinski definition) is 0. The summed E-state index contributed by atoms with van der Waals surface area (Å²) in [5.41, 5.74) is 1.53. The number of methoxy groups -OCH3 is 1. The number of thioether (sulfide) groups is 1. The molecule has 0 unspecified atom stereocenters. The average molecular weight is 665 g/mol. The Labute approximate surface area is 240 Å². The number of non-ortho nitro benzene ring substituents is 1. The van der Waals surface area contributed by atoms with Gasteiger partial charge in [-0.3, -0.25) is 29.4 Å². The van der Waals surface area contributed by atoms with Gasteiger partial charge in [0.25, 0.3) is 16.8 Å². The minimum Gasteiger partial charge on any atom is -0.493 e. The molecule has 9 nitrogen and oxygen atoms in total. The highest BCUT2D eigenvalue weighted by Crippen LogP contribution is 2.37. The first-order valence-electron chi connectivity index (χ1n) is 10.9. The molecule has 0 spiro atoms. The summed E-state index contributed by atoms with van der Waals surface area (Å²) in [4.78, 5) is 49.3.